The summed E-state index contributed by atoms with van der Waals surface area (Å²) in [4.78, 5) is 38.1. The molecule has 0 aromatic rings. The van der Waals surface area contributed by atoms with E-state index in [0.717, 1.165) is 103 Å². The second-order valence-corrected chi connectivity index (χ2v) is 19.2. The van der Waals surface area contributed by atoms with Gasteiger partial charge in [0, 0.05) is 19.3 Å². The number of esters is 3. The molecule has 0 N–H and O–H groups in total. The molecule has 0 aliphatic heterocycles. The normalized spacial score (nSPS) is 12.6. The molecule has 0 bridgehead atoms. The molecule has 1 atom stereocenters. The van der Waals surface area contributed by atoms with Crippen molar-refractivity contribution in [2.24, 2.45) is 0 Å². The summed E-state index contributed by atoms with van der Waals surface area (Å²) < 4.78 is 16.9. The fourth-order valence-corrected chi connectivity index (χ4v) is 8.11. The zero-order valence-corrected chi connectivity index (χ0v) is 44.9. The van der Waals surface area contributed by atoms with Crippen LogP contribution in [0.1, 0.15) is 284 Å². The predicted octanol–water partition coefficient (Wildman–Crippen LogP) is 19.4. The Bertz CT molecular complexity index is 1270. The van der Waals surface area contributed by atoms with E-state index < -0.39 is 6.10 Å². The standard InChI is InChI=1S/C62H108O6/c1-4-7-10-13-16-19-22-25-27-28-29-30-31-32-33-34-35-38-40-43-46-49-52-55-61(64)67-58-59(57-66-60(63)54-51-48-45-42-39-36-24-21-18-15-12-9-6-3)68-62(65)56-53-50-47-44-41-37-26-23-20-17-14-11-8-5-2/h7,10,16,19,21,24-25,27,29-30,32-33,59H,4-6,8-9,11-15,17-18,20,22-23,26,28,31,34-58H2,1-3H3/b10-7-,19-16-,24-21-,27-25-,30-29-,33-32-. The van der Waals surface area contributed by atoms with E-state index >= 15 is 0 Å². The lowest BCUT2D eigenvalue weighted by molar-refractivity contribution is -0.167. The fourth-order valence-electron chi connectivity index (χ4n) is 8.11. The van der Waals surface area contributed by atoms with Crippen LogP contribution in [0.5, 0.6) is 0 Å². The van der Waals surface area contributed by atoms with E-state index in [2.05, 4.69) is 93.7 Å². The molecule has 0 aromatic carbocycles. The Morgan fingerprint density at radius 1 is 0.309 bits per heavy atom. The van der Waals surface area contributed by atoms with Crippen LogP contribution in [0.3, 0.4) is 0 Å². The molecular weight excluding hydrogens is 841 g/mol. The molecule has 6 heteroatoms. The van der Waals surface area contributed by atoms with Gasteiger partial charge in [0.15, 0.2) is 6.10 Å². The molecule has 68 heavy (non-hydrogen) atoms. The van der Waals surface area contributed by atoms with Crippen molar-refractivity contribution in [3.05, 3.63) is 72.9 Å². The minimum atomic E-state index is -0.781. The highest BCUT2D eigenvalue weighted by Crippen LogP contribution is 2.16. The third-order valence-corrected chi connectivity index (χ3v) is 12.4. The first-order chi connectivity index (χ1) is 33.5. The number of ether oxygens (including phenoxy) is 3. The van der Waals surface area contributed by atoms with Gasteiger partial charge >= 0.3 is 17.9 Å². The molecule has 0 spiro atoms. The van der Waals surface area contributed by atoms with Crippen molar-refractivity contribution in [3.8, 4) is 0 Å². The van der Waals surface area contributed by atoms with Gasteiger partial charge in [-0.15, -0.1) is 0 Å². The third-order valence-electron chi connectivity index (χ3n) is 12.4. The Morgan fingerprint density at radius 2 is 0.574 bits per heavy atom. The van der Waals surface area contributed by atoms with Gasteiger partial charge in [-0.25, -0.2) is 0 Å². The molecule has 0 aliphatic rings. The van der Waals surface area contributed by atoms with E-state index in [9.17, 15) is 14.4 Å². The van der Waals surface area contributed by atoms with Crippen molar-refractivity contribution in [3.63, 3.8) is 0 Å². The zero-order chi connectivity index (χ0) is 49.3. The Kier molecular flexibility index (Phi) is 53.8. The molecule has 0 heterocycles. The second kappa shape index (κ2) is 56.4. The molecule has 0 saturated carbocycles. The van der Waals surface area contributed by atoms with E-state index in [-0.39, 0.29) is 31.1 Å². The highest BCUT2D eigenvalue weighted by molar-refractivity contribution is 5.71. The van der Waals surface area contributed by atoms with Gasteiger partial charge < -0.3 is 14.2 Å². The van der Waals surface area contributed by atoms with E-state index in [4.69, 9.17) is 14.2 Å². The van der Waals surface area contributed by atoms with Gasteiger partial charge in [0.2, 0.25) is 0 Å². The van der Waals surface area contributed by atoms with Crippen LogP contribution in [0.2, 0.25) is 0 Å². The molecule has 0 fully saturated rings. The molecule has 0 aliphatic carbocycles. The van der Waals surface area contributed by atoms with Gasteiger partial charge in [0.25, 0.3) is 0 Å². The van der Waals surface area contributed by atoms with E-state index in [1.54, 1.807) is 0 Å². The summed E-state index contributed by atoms with van der Waals surface area (Å²) in [7, 11) is 0. The van der Waals surface area contributed by atoms with Crippen molar-refractivity contribution in [1.82, 2.24) is 0 Å². The molecular formula is C62H108O6. The van der Waals surface area contributed by atoms with Crippen molar-refractivity contribution in [2.75, 3.05) is 13.2 Å². The SMILES string of the molecule is CC/C=C\C/C=C\C/C=C\C/C=C\C/C=C\CCCCCCCCCC(=O)OCC(COC(=O)CCCCCCC/C=C\CCCCCC)OC(=O)CCCCCCCCCCCCCCCC. The maximum Gasteiger partial charge on any atom is 0.306 e. The van der Waals surface area contributed by atoms with E-state index in [0.29, 0.717) is 19.3 Å². The Labute approximate surface area is 421 Å². The second-order valence-electron chi connectivity index (χ2n) is 19.2. The zero-order valence-electron chi connectivity index (χ0n) is 44.9. The lowest BCUT2D eigenvalue weighted by Gasteiger charge is -2.18. The molecule has 0 rings (SSSR count). The van der Waals surface area contributed by atoms with Crippen molar-refractivity contribution >= 4 is 17.9 Å². The highest BCUT2D eigenvalue weighted by Gasteiger charge is 2.19. The summed E-state index contributed by atoms with van der Waals surface area (Å²) in [6.45, 7) is 6.51. The van der Waals surface area contributed by atoms with Crippen LogP contribution in [0, 0.1) is 0 Å². The van der Waals surface area contributed by atoms with Gasteiger partial charge in [-0.2, -0.15) is 0 Å². The van der Waals surface area contributed by atoms with E-state index in [1.807, 2.05) is 0 Å². The molecule has 0 radical (unpaired) electrons. The molecule has 0 amide bonds. The van der Waals surface area contributed by atoms with E-state index in [1.165, 1.54) is 141 Å². The lowest BCUT2D eigenvalue weighted by Crippen LogP contribution is -2.30. The number of hydrogen-bond acceptors (Lipinski definition) is 6. The number of unbranched alkanes of at least 4 members (excludes halogenated alkanes) is 29. The first-order valence-electron chi connectivity index (χ1n) is 28.9. The number of allylic oxidation sites excluding steroid dienone is 12. The quantitative estimate of drug-likeness (QED) is 0.0262. The van der Waals surface area contributed by atoms with Crippen molar-refractivity contribution in [1.29, 1.82) is 0 Å². The fraction of sp³-hybridized carbons (Fsp3) is 0.758. The third kappa shape index (κ3) is 53.8. The smallest absolute Gasteiger partial charge is 0.306 e. The average Bonchev–Trinajstić information content (AvgIpc) is 3.34. The van der Waals surface area contributed by atoms with Crippen molar-refractivity contribution < 1.29 is 28.6 Å². The Balaban J connectivity index is 4.34. The Morgan fingerprint density at radius 3 is 0.926 bits per heavy atom. The number of hydrogen-bond donors (Lipinski definition) is 0. The number of carbonyl (C=O) groups is 3. The van der Waals surface area contributed by atoms with Crippen LogP contribution in [-0.2, 0) is 28.6 Å². The van der Waals surface area contributed by atoms with Gasteiger partial charge in [0.05, 0.1) is 0 Å². The first kappa shape index (κ1) is 64.8. The van der Waals surface area contributed by atoms with Gasteiger partial charge in [-0.1, -0.05) is 248 Å². The molecule has 0 aromatic heterocycles. The predicted molar refractivity (Wildman–Crippen MR) is 293 cm³/mol. The Hall–Kier alpha value is -3.15. The minimum Gasteiger partial charge on any atom is -0.462 e. The van der Waals surface area contributed by atoms with Crippen LogP contribution in [0.4, 0.5) is 0 Å². The molecule has 6 nitrogen and oxygen atoms in total. The average molecular weight is 950 g/mol. The molecule has 0 saturated heterocycles. The first-order valence-corrected chi connectivity index (χ1v) is 28.9. The van der Waals surface area contributed by atoms with Crippen LogP contribution in [-0.4, -0.2) is 37.2 Å². The number of rotatable bonds is 52. The summed E-state index contributed by atoms with van der Waals surface area (Å²) in [5, 5.41) is 0. The summed E-state index contributed by atoms with van der Waals surface area (Å²) in [5.74, 6) is -0.890. The molecule has 392 valence electrons. The lowest BCUT2D eigenvalue weighted by atomic mass is 10.0. The van der Waals surface area contributed by atoms with Gasteiger partial charge in [0.1, 0.15) is 13.2 Å². The largest absolute Gasteiger partial charge is 0.462 e. The molecule has 1 unspecified atom stereocenters. The van der Waals surface area contributed by atoms with Gasteiger partial charge in [-0.05, 0) is 89.9 Å². The number of carbonyl (C=O) groups excluding carboxylic acids is 3. The van der Waals surface area contributed by atoms with Crippen molar-refractivity contribution in [2.45, 2.75) is 290 Å². The topological polar surface area (TPSA) is 78.9 Å². The van der Waals surface area contributed by atoms with Crippen LogP contribution in [0.15, 0.2) is 72.9 Å². The summed E-state index contributed by atoms with van der Waals surface area (Å²) in [6, 6.07) is 0. The van der Waals surface area contributed by atoms with Crippen LogP contribution >= 0.6 is 0 Å². The van der Waals surface area contributed by atoms with Crippen LogP contribution in [0.25, 0.3) is 0 Å². The minimum absolute atomic E-state index is 0.0809. The maximum absolute atomic E-state index is 12.8. The monoisotopic (exact) mass is 949 g/mol. The van der Waals surface area contributed by atoms with Crippen LogP contribution < -0.4 is 0 Å². The summed E-state index contributed by atoms with van der Waals surface area (Å²) >= 11 is 0. The van der Waals surface area contributed by atoms with Gasteiger partial charge in [-0.3, -0.25) is 14.4 Å². The summed E-state index contributed by atoms with van der Waals surface area (Å²) in [5.41, 5.74) is 0. The highest BCUT2D eigenvalue weighted by atomic mass is 16.6. The maximum atomic E-state index is 12.8. The summed E-state index contributed by atoms with van der Waals surface area (Å²) in [6.07, 6.45) is 71.7.